The van der Waals surface area contributed by atoms with Crippen LogP contribution in [0.3, 0.4) is 0 Å². The van der Waals surface area contributed by atoms with Crippen LogP contribution < -0.4 is 10.2 Å². The Balaban J connectivity index is 1.83. The van der Waals surface area contributed by atoms with Gasteiger partial charge in [0.25, 0.3) is 0 Å². The molecule has 0 bridgehead atoms. The smallest absolute Gasteiger partial charge is 0.241 e. The highest BCUT2D eigenvalue weighted by molar-refractivity contribution is 6.04. The van der Waals surface area contributed by atoms with E-state index in [2.05, 4.69) is 24.1 Å². The van der Waals surface area contributed by atoms with Crippen LogP contribution in [0.2, 0.25) is 0 Å². The summed E-state index contributed by atoms with van der Waals surface area (Å²) in [6.07, 6.45) is 0.277. The summed E-state index contributed by atoms with van der Waals surface area (Å²) in [7, 11) is 0. The SMILES string of the molecule is Cc1ccc(CN(CC(=O)N2c3ccccc3NC(=O)CC2C)C(C)C)o1. The minimum atomic E-state index is -0.207. The Hall–Kier alpha value is -2.60. The number of carbonyl (C=O) groups excluding carboxylic acids is 2. The highest BCUT2D eigenvalue weighted by Gasteiger charge is 2.30. The lowest BCUT2D eigenvalue weighted by Gasteiger charge is -2.32. The molecular formula is C21H27N3O3. The van der Waals surface area contributed by atoms with Gasteiger partial charge in [-0.25, -0.2) is 0 Å². The van der Waals surface area contributed by atoms with Gasteiger partial charge in [-0.15, -0.1) is 0 Å². The average Bonchev–Trinajstić information content (AvgIpc) is 2.94. The molecule has 0 radical (unpaired) electrons. The monoisotopic (exact) mass is 369 g/mol. The van der Waals surface area contributed by atoms with Gasteiger partial charge >= 0.3 is 0 Å². The van der Waals surface area contributed by atoms with Crippen molar-refractivity contribution in [2.24, 2.45) is 0 Å². The van der Waals surface area contributed by atoms with E-state index in [1.807, 2.05) is 50.2 Å². The molecule has 144 valence electrons. The number of carbonyl (C=O) groups is 2. The molecule has 2 aromatic rings. The number of hydrogen-bond acceptors (Lipinski definition) is 4. The normalized spacial score (nSPS) is 17.0. The van der Waals surface area contributed by atoms with Crippen molar-refractivity contribution in [3.05, 3.63) is 47.9 Å². The zero-order valence-corrected chi connectivity index (χ0v) is 16.4. The molecule has 0 spiro atoms. The van der Waals surface area contributed by atoms with Crippen LogP contribution in [0.25, 0.3) is 0 Å². The molecule has 1 aliphatic rings. The lowest BCUT2D eigenvalue weighted by molar-refractivity contribution is -0.121. The van der Waals surface area contributed by atoms with Crippen LogP contribution in [0.5, 0.6) is 0 Å². The molecule has 0 saturated carbocycles. The second-order valence-corrected chi connectivity index (χ2v) is 7.39. The van der Waals surface area contributed by atoms with Gasteiger partial charge in [0.1, 0.15) is 11.5 Å². The van der Waals surface area contributed by atoms with Gasteiger partial charge in [-0.2, -0.15) is 0 Å². The highest BCUT2D eigenvalue weighted by atomic mass is 16.3. The van der Waals surface area contributed by atoms with Crippen LogP contribution in [-0.2, 0) is 16.1 Å². The van der Waals surface area contributed by atoms with E-state index in [4.69, 9.17) is 4.42 Å². The Kier molecular flexibility index (Phi) is 5.65. The van der Waals surface area contributed by atoms with Gasteiger partial charge in [0.05, 0.1) is 24.5 Å². The third kappa shape index (κ3) is 4.39. The number of fused-ring (bicyclic) bond motifs is 1. The van der Waals surface area contributed by atoms with Gasteiger partial charge in [-0.1, -0.05) is 12.1 Å². The molecule has 0 aliphatic carbocycles. The molecule has 1 aromatic heterocycles. The molecular weight excluding hydrogens is 342 g/mol. The zero-order valence-electron chi connectivity index (χ0n) is 16.4. The molecule has 3 rings (SSSR count). The first kappa shape index (κ1) is 19.2. The van der Waals surface area contributed by atoms with Crippen LogP contribution in [0.4, 0.5) is 11.4 Å². The zero-order chi connectivity index (χ0) is 19.6. The van der Waals surface area contributed by atoms with E-state index in [1.165, 1.54) is 0 Å². The van der Waals surface area contributed by atoms with E-state index in [0.717, 1.165) is 17.2 Å². The molecule has 1 unspecified atom stereocenters. The third-order valence-corrected chi connectivity index (χ3v) is 4.85. The average molecular weight is 369 g/mol. The Morgan fingerprint density at radius 2 is 2.04 bits per heavy atom. The van der Waals surface area contributed by atoms with Crippen molar-refractivity contribution in [3.63, 3.8) is 0 Å². The fourth-order valence-electron chi connectivity index (χ4n) is 3.41. The van der Waals surface area contributed by atoms with Gasteiger partial charge in [0.2, 0.25) is 11.8 Å². The summed E-state index contributed by atoms with van der Waals surface area (Å²) in [5, 5.41) is 2.89. The Morgan fingerprint density at radius 3 is 2.70 bits per heavy atom. The topological polar surface area (TPSA) is 65.8 Å². The van der Waals surface area contributed by atoms with E-state index in [9.17, 15) is 9.59 Å². The van der Waals surface area contributed by atoms with Crippen molar-refractivity contribution < 1.29 is 14.0 Å². The standard InChI is InChI=1S/C21H27N3O3/c1-14(2)23(12-17-10-9-16(4)27-17)13-21(26)24-15(3)11-20(25)22-18-7-5-6-8-19(18)24/h5-10,14-15H,11-13H2,1-4H3,(H,22,25). The molecule has 0 saturated heterocycles. The van der Waals surface area contributed by atoms with Gasteiger partial charge in [0, 0.05) is 18.5 Å². The number of anilines is 2. The number of nitrogens with one attached hydrogen (secondary N) is 1. The number of amides is 2. The van der Waals surface area contributed by atoms with Crippen molar-refractivity contribution in [2.75, 3.05) is 16.8 Å². The van der Waals surface area contributed by atoms with Crippen LogP contribution in [0, 0.1) is 6.92 Å². The van der Waals surface area contributed by atoms with Crippen molar-refractivity contribution in [1.82, 2.24) is 4.90 Å². The van der Waals surface area contributed by atoms with E-state index in [-0.39, 0.29) is 36.9 Å². The molecule has 1 aliphatic heterocycles. The molecule has 1 N–H and O–H groups in total. The third-order valence-electron chi connectivity index (χ3n) is 4.85. The van der Waals surface area contributed by atoms with Crippen molar-refractivity contribution in [2.45, 2.75) is 52.7 Å². The van der Waals surface area contributed by atoms with E-state index in [1.54, 1.807) is 4.90 Å². The fraction of sp³-hybridized carbons (Fsp3) is 0.429. The molecule has 6 heteroatoms. The predicted molar refractivity (Wildman–Crippen MR) is 106 cm³/mol. The summed E-state index contributed by atoms with van der Waals surface area (Å²) in [6, 6.07) is 11.3. The van der Waals surface area contributed by atoms with Gasteiger partial charge < -0.3 is 14.6 Å². The molecule has 6 nitrogen and oxygen atoms in total. The number of rotatable bonds is 5. The van der Waals surface area contributed by atoms with Crippen LogP contribution in [0.1, 0.15) is 38.7 Å². The predicted octanol–water partition coefficient (Wildman–Crippen LogP) is 3.56. The lowest BCUT2D eigenvalue weighted by atomic mass is 10.1. The first-order valence-corrected chi connectivity index (χ1v) is 9.35. The molecule has 1 atom stereocenters. The minimum Gasteiger partial charge on any atom is -0.465 e. The number of hydrogen-bond donors (Lipinski definition) is 1. The molecule has 2 heterocycles. The Bertz CT molecular complexity index is 828. The van der Waals surface area contributed by atoms with Crippen molar-refractivity contribution >= 4 is 23.2 Å². The number of nitrogens with zero attached hydrogens (tertiary/aromatic N) is 2. The first-order valence-electron chi connectivity index (χ1n) is 9.35. The van der Waals surface area contributed by atoms with Crippen LogP contribution in [0.15, 0.2) is 40.8 Å². The number of aryl methyl sites for hydroxylation is 1. The van der Waals surface area contributed by atoms with E-state index < -0.39 is 0 Å². The maximum absolute atomic E-state index is 13.3. The summed E-state index contributed by atoms with van der Waals surface area (Å²) in [6.45, 7) is 8.77. The second-order valence-electron chi connectivity index (χ2n) is 7.39. The molecule has 1 aromatic carbocycles. The fourth-order valence-corrected chi connectivity index (χ4v) is 3.41. The summed E-state index contributed by atoms with van der Waals surface area (Å²) in [5.41, 5.74) is 1.43. The second kappa shape index (κ2) is 7.96. The van der Waals surface area contributed by atoms with Gasteiger partial charge in [0.15, 0.2) is 0 Å². The van der Waals surface area contributed by atoms with Gasteiger partial charge in [-0.3, -0.25) is 14.5 Å². The van der Waals surface area contributed by atoms with Gasteiger partial charge in [-0.05, 0) is 52.0 Å². The Morgan fingerprint density at radius 1 is 1.30 bits per heavy atom. The Labute approximate surface area is 160 Å². The van der Waals surface area contributed by atoms with Crippen LogP contribution >= 0.6 is 0 Å². The first-order chi connectivity index (χ1) is 12.8. The van der Waals surface area contributed by atoms with E-state index >= 15 is 0 Å². The lowest BCUT2D eigenvalue weighted by Crippen LogP contribution is -2.46. The summed E-state index contributed by atoms with van der Waals surface area (Å²) >= 11 is 0. The molecule has 27 heavy (non-hydrogen) atoms. The molecule has 0 fully saturated rings. The number of furan rings is 1. The number of benzene rings is 1. The maximum Gasteiger partial charge on any atom is 0.241 e. The maximum atomic E-state index is 13.3. The summed E-state index contributed by atoms with van der Waals surface area (Å²) in [4.78, 5) is 29.2. The number of para-hydroxylation sites is 2. The summed E-state index contributed by atoms with van der Waals surface area (Å²) < 4.78 is 5.68. The minimum absolute atomic E-state index is 0.0246. The molecule has 2 amide bonds. The van der Waals surface area contributed by atoms with E-state index in [0.29, 0.717) is 12.2 Å². The highest BCUT2D eigenvalue weighted by Crippen LogP contribution is 2.31. The van der Waals surface area contributed by atoms with Crippen molar-refractivity contribution in [1.29, 1.82) is 0 Å². The van der Waals surface area contributed by atoms with Crippen LogP contribution in [-0.4, -0.2) is 35.3 Å². The van der Waals surface area contributed by atoms with Crippen molar-refractivity contribution in [3.8, 4) is 0 Å². The largest absolute Gasteiger partial charge is 0.465 e. The summed E-state index contributed by atoms with van der Waals surface area (Å²) in [5.74, 6) is 1.61. The quantitative estimate of drug-likeness (QED) is 0.875.